The molecule has 0 unspecified atom stereocenters. The molecule has 0 spiro atoms. The smallest absolute Gasteiger partial charge is 0.319 e. The first kappa shape index (κ1) is 15.0. The Bertz CT molecular complexity index is 558. The van der Waals surface area contributed by atoms with Crippen LogP contribution in [0.3, 0.4) is 0 Å². The zero-order valence-electron chi connectivity index (χ0n) is 13.5. The number of hydrogen-bond acceptors (Lipinski definition) is 5. The van der Waals surface area contributed by atoms with Crippen LogP contribution < -0.4 is 15.5 Å². The molecule has 1 saturated carbocycles. The van der Waals surface area contributed by atoms with E-state index in [4.69, 9.17) is 4.74 Å². The molecule has 7 heteroatoms. The second-order valence-electron chi connectivity index (χ2n) is 6.81. The minimum Gasteiger partial charge on any atom is -0.377 e. The van der Waals surface area contributed by atoms with Crippen LogP contribution in [0.4, 0.5) is 16.4 Å². The molecule has 3 atom stereocenters. The van der Waals surface area contributed by atoms with Gasteiger partial charge < -0.3 is 20.3 Å². The summed E-state index contributed by atoms with van der Waals surface area (Å²) in [6.45, 7) is 5.07. The first-order valence-corrected chi connectivity index (χ1v) is 7.58. The summed E-state index contributed by atoms with van der Waals surface area (Å²) < 4.78 is 5.74. The van der Waals surface area contributed by atoms with Gasteiger partial charge in [-0.2, -0.15) is 0 Å². The lowest BCUT2D eigenvalue weighted by molar-refractivity contribution is -0.107. The van der Waals surface area contributed by atoms with Gasteiger partial charge in [-0.1, -0.05) is 13.8 Å². The first-order valence-electron chi connectivity index (χ1n) is 7.58. The third-order valence-corrected chi connectivity index (χ3v) is 4.68. The van der Waals surface area contributed by atoms with Gasteiger partial charge in [0.15, 0.2) is 0 Å². The molecule has 2 heterocycles. The molecule has 2 amide bonds. The summed E-state index contributed by atoms with van der Waals surface area (Å²) in [5.41, 5.74) is 0.559. The molecule has 3 rings (SSSR count). The van der Waals surface area contributed by atoms with E-state index >= 15 is 0 Å². The van der Waals surface area contributed by atoms with Crippen molar-refractivity contribution in [3.8, 4) is 0 Å². The Kier molecular flexibility index (Phi) is 3.68. The van der Waals surface area contributed by atoms with Crippen molar-refractivity contribution in [2.24, 2.45) is 11.3 Å². The van der Waals surface area contributed by atoms with Gasteiger partial charge in [0.2, 0.25) is 5.95 Å². The van der Waals surface area contributed by atoms with Gasteiger partial charge in [0, 0.05) is 38.1 Å². The Hall–Kier alpha value is -1.89. The number of hydrogen-bond donors (Lipinski definition) is 2. The number of urea groups is 1. The van der Waals surface area contributed by atoms with Crippen LogP contribution >= 0.6 is 0 Å². The number of nitrogens with one attached hydrogen (secondary N) is 2. The zero-order chi connectivity index (χ0) is 15.9. The first-order chi connectivity index (χ1) is 10.4. The second-order valence-corrected chi connectivity index (χ2v) is 6.81. The lowest BCUT2D eigenvalue weighted by Crippen LogP contribution is -2.67. The lowest BCUT2D eigenvalue weighted by Gasteiger charge is -2.54. The topological polar surface area (TPSA) is 79.4 Å². The van der Waals surface area contributed by atoms with Crippen molar-refractivity contribution in [3.63, 3.8) is 0 Å². The van der Waals surface area contributed by atoms with Crippen molar-refractivity contribution < 1.29 is 9.53 Å². The molecule has 1 aromatic rings. The average Bonchev–Trinajstić information content (AvgIpc) is 2.92. The molecule has 22 heavy (non-hydrogen) atoms. The summed E-state index contributed by atoms with van der Waals surface area (Å²) in [7, 11) is 3.74. The summed E-state index contributed by atoms with van der Waals surface area (Å²) in [6, 6.07) is -0.0772. The van der Waals surface area contributed by atoms with Crippen LogP contribution in [0.5, 0.6) is 0 Å². The van der Waals surface area contributed by atoms with Crippen molar-refractivity contribution in [1.82, 2.24) is 15.3 Å². The second kappa shape index (κ2) is 5.39. The minimum absolute atomic E-state index is 0.0240. The Balaban J connectivity index is 1.58. The SMILES string of the molecule is CN(C)c1ncc(NC(=O)N[C@@H]2[C@H]3CCO[C@H]3C2(C)C)cn1. The highest BCUT2D eigenvalue weighted by molar-refractivity contribution is 5.89. The standard InChI is InChI=1S/C15H23N5O2/c1-15(2)11(10-5-6-22-12(10)15)19-14(21)18-9-7-16-13(17-8-9)20(3)4/h7-8,10-12H,5-6H2,1-4H3,(H2,18,19,21)/t10-,11-,12-/m1/s1. The molecule has 1 aliphatic carbocycles. The number of fused-ring (bicyclic) bond motifs is 1. The lowest BCUT2D eigenvalue weighted by atomic mass is 9.57. The van der Waals surface area contributed by atoms with Crippen LogP contribution in [0.25, 0.3) is 0 Å². The molecule has 1 saturated heterocycles. The fraction of sp³-hybridized carbons (Fsp3) is 0.667. The van der Waals surface area contributed by atoms with Gasteiger partial charge in [-0.05, 0) is 6.42 Å². The molecule has 0 radical (unpaired) electrons. The summed E-state index contributed by atoms with van der Waals surface area (Å²) in [4.78, 5) is 22.3. The van der Waals surface area contributed by atoms with Crippen molar-refractivity contribution in [2.45, 2.75) is 32.4 Å². The maximum Gasteiger partial charge on any atom is 0.319 e. The Labute approximate surface area is 130 Å². The van der Waals surface area contributed by atoms with E-state index in [1.807, 2.05) is 14.1 Å². The number of rotatable bonds is 3. The van der Waals surface area contributed by atoms with Crippen LogP contribution in [0.1, 0.15) is 20.3 Å². The molecule has 0 aromatic carbocycles. The maximum absolute atomic E-state index is 12.2. The van der Waals surface area contributed by atoms with Gasteiger partial charge in [0.1, 0.15) is 0 Å². The average molecular weight is 305 g/mol. The normalized spacial score (nSPS) is 28.5. The van der Waals surface area contributed by atoms with E-state index in [2.05, 4.69) is 34.4 Å². The van der Waals surface area contributed by atoms with Gasteiger partial charge in [-0.15, -0.1) is 0 Å². The van der Waals surface area contributed by atoms with Gasteiger partial charge in [-0.25, -0.2) is 14.8 Å². The molecule has 1 aliphatic heterocycles. The van der Waals surface area contributed by atoms with E-state index in [1.54, 1.807) is 17.3 Å². The Morgan fingerprint density at radius 1 is 1.36 bits per heavy atom. The van der Waals surface area contributed by atoms with Gasteiger partial charge >= 0.3 is 6.03 Å². The van der Waals surface area contributed by atoms with Crippen LogP contribution in [-0.2, 0) is 4.74 Å². The number of anilines is 2. The number of amides is 2. The summed E-state index contributed by atoms with van der Waals surface area (Å²) >= 11 is 0. The molecule has 2 fully saturated rings. The van der Waals surface area contributed by atoms with Gasteiger partial charge in [0.25, 0.3) is 0 Å². The molecule has 0 bridgehead atoms. The third kappa shape index (κ3) is 2.49. The molecular weight excluding hydrogens is 282 g/mol. The fourth-order valence-electron chi connectivity index (χ4n) is 3.54. The van der Waals surface area contributed by atoms with E-state index in [9.17, 15) is 4.79 Å². The van der Waals surface area contributed by atoms with Crippen LogP contribution in [0.15, 0.2) is 12.4 Å². The van der Waals surface area contributed by atoms with E-state index in [0.29, 0.717) is 17.6 Å². The number of nitrogens with zero attached hydrogens (tertiary/aromatic N) is 3. The van der Waals surface area contributed by atoms with Crippen molar-refractivity contribution >= 4 is 17.7 Å². The van der Waals surface area contributed by atoms with Crippen LogP contribution in [-0.4, -0.2) is 48.8 Å². The van der Waals surface area contributed by atoms with E-state index in [-0.39, 0.29) is 23.6 Å². The highest BCUT2D eigenvalue weighted by Crippen LogP contribution is 2.52. The van der Waals surface area contributed by atoms with Gasteiger partial charge in [-0.3, -0.25) is 0 Å². The summed E-state index contributed by atoms with van der Waals surface area (Å²) in [6.07, 6.45) is 4.49. The summed E-state index contributed by atoms with van der Waals surface area (Å²) in [5, 5.41) is 5.86. The highest BCUT2D eigenvalue weighted by atomic mass is 16.5. The number of carbonyl (C=O) groups excluding carboxylic acids is 1. The number of aromatic nitrogens is 2. The molecule has 2 N–H and O–H groups in total. The zero-order valence-corrected chi connectivity index (χ0v) is 13.5. The maximum atomic E-state index is 12.2. The highest BCUT2D eigenvalue weighted by Gasteiger charge is 2.59. The number of ether oxygens (including phenoxy) is 1. The van der Waals surface area contributed by atoms with E-state index in [1.165, 1.54) is 0 Å². The van der Waals surface area contributed by atoms with Crippen molar-refractivity contribution in [3.05, 3.63) is 12.4 Å². The van der Waals surface area contributed by atoms with Crippen molar-refractivity contribution in [1.29, 1.82) is 0 Å². The Morgan fingerprint density at radius 3 is 2.68 bits per heavy atom. The van der Waals surface area contributed by atoms with Crippen LogP contribution in [0.2, 0.25) is 0 Å². The molecular formula is C15H23N5O2. The minimum atomic E-state index is -0.218. The van der Waals surface area contributed by atoms with E-state index in [0.717, 1.165) is 13.0 Å². The number of carbonyl (C=O) groups is 1. The molecule has 1 aromatic heterocycles. The quantitative estimate of drug-likeness (QED) is 0.884. The predicted molar refractivity (Wildman–Crippen MR) is 83.9 cm³/mol. The van der Waals surface area contributed by atoms with Crippen molar-refractivity contribution in [2.75, 3.05) is 30.9 Å². The predicted octanol–water partition coefficient (Wildman–Crippen LogP) is 1.48. The molecule has 7 nitrogen and oxygen atoms in total. The van der Waals surface area contributed by atoms with Gasteiger partial charge in [0.05, 0.1) is 24.2 Å². The third-order valence-electron chi connectivity index (χ3n) is 4.68. The largest absolute Gasteiger partial charge is 0.377 e. The Morgan fingerprint density at radius 2 is 2.05 bits per heavy atom. The monoisotopic (exact) mass is 305 g/mol. The molecule has 2 aliphatic rings. The fourth-order valence-corrected chi connectivity index (χ4v) is 3.54. The summed E-state index contributed by atoms with van der Waals surface area (Å²) in [5.74, 6) is 1.03. The van der Waals surface area contributed by atoms with Crippen LogP contribution in [0, 0.1) is 11.3 Å². The molecule has 120 valence electrons. The van der Waals surface area contributed by atoms with E-state index < -0.39 is 0 Å².